The molecule has 0 aliphatic carbocycles. The molecular weight excluding hydrogens is 270 g/mol. The molecule has 1 aliphatic heterocycles. The molecule has 0 spiro atoms. The van der Waals surface area contributed by atoms with Crippen molar-refractivity contribution in [2.45, 2.75) is 26.3 Å². The second-order valence-electron chi connectivity index (χ2n) is 6.03. The Morgan fingerprint density at radius 2 is 2.25 bits per heavy atom. The smallest absolute Gasteiger partial charge is 0.101 e. The zero-order valence-electron chi connectivity index (χ0n) is 12.4. The van der Waals surface area contributed by atoms with Gasteiger partial charge >= 0.3 is 0 Å². The lowest BCUT2D eigenvalue weighted by Crippen LogP contribution is -2.39. The minimum Gasteiger partial charge on any atom is -0.367 e. The monoisotopic (exact) mass is 291 g/mol. The number of hydrogen-bond donors (Lipinski definition) is 0. The Morgan fingerprint density at radius 1 is 1.50 bits per heavy atom. The first-order valence-corrected chi connectivity index (χ1v) is 7.54. The quantitative estimate of drug-likeness (QED) is 0.852. The maximum Gasteiger partial charge on any atom is 0.101 e. The molecule has 0 radical (unpaired) electrons. The highest BCUT2D eigenvalue weighted by atomic mass is 35.5. The fourth-order valence-electron chi connectivity index (χ4n) is 2.80. The van der Waals surface area contributed by atoms with Crippen molar-refractivity contribution in [1.29, 1.82) is 5.26 Å². The lowest BCUT2D eigenvalue weighted by Gasteiger charge is -2.33. The summed E-state index contributed by atoms with van der Waals surface area (Å²) < 4.78 is 0. The number of likely N-dealkylation sites (N-methyl/N-ethyl adjacent to an activating group) is 1. The Bertz CT molecular complexity index is 507. The molecule has 1 heterocycles. The van der Waals surface area contributed by atoms with Crippen LogP contribution in [-0.2, 0) is 0 Å². The van der Waals surface area contributed by atoms with E-state index in [4.69, 9.17) is 16.9 Å². The first-order chi connectivity index (χ1) is 9.51. The van der Waals surface area contributed by atoms with Crippen LogP contribution in [-0.4, -0.2) is 37.6 Å². The number of hydrogen-bond acceptors (Lipinski definition) is 3. The highest BCUT2D eigenvalue weighted by molar-refractivity contribution is 6.32. The molecular formula is C16H22ClN3. The maximum atomic E-state index is 8.98. The largest absolute Gasteiger partial charge is 0.367 e. The summed E-state index contributed by atoms with van der Waals surface area (Å²) in [5.41, 5.74) is 1.67. The van der Waals surface area contributed by atoms with Gasteiger partial charge in [-0.3, -0.25) is 0 Å². The molecule has 1 fully saturated rings. The average molecular weight is 292 g/mol. The van der Waals surface area contributed by atoms with Crippen LogP contribution in [0.25, 0.3) is 0 Å². The molecule has 0 saturated carbocycles. The molecule has 3 nitrogen and oxygen atoms in total. The topological polar surface area (TPSA) is 30.3 Å². The number of likely N-dealkylation sites (tertiary alicyclic amines) is 1. The van der Waals surface area contributed by atoms with Crippen LogP contribution in [0.4, 0.5) is 5.69 Å². The number of halogens is 1. The predicted molar refractivity (Wildman–Crippen MR) is 84.3 cm³/mol. The van der Waals surface area contributed by atoms with Gasteiger partial charge in [-0.05, 0) is 44.1 Å². The zero-order valence-corrected chi connectivity index (χ0v) is 13.2. The molecule has 4 heteroatoms. The Kier molecular flexibility index (Phi) is 4.91. The highest BCUT2D eigenvalue weighted by Crippen LogP contribution is 2.28. The SMILES string of the molecule is CC(C)CN(c1ccc(C#N)c(Cl)c1)[C@H]1CCN(C)C1. The third-order valence-electron chi connectivity index (χ3n) is 3.77. The summed E-state index contributed by atoms with van der Waals surface area (Å²) in [6.45, 7) is 7.71. The third kappa shape index (κ3) is 3.45. The van der Waals surface area contributed by atoms with Gasteiger partial charge in [0.1, 0.15) is 6.07 Å². The number of nitriles is 1. The van der Waals surface area contributed by atoms with Crippen LogP contribution < -0.4 is 4.90 Å². The van der Waals surface area contributed by atoms with Crippen molar-refractivity contribution in [3.8, 4) is 6.07 Å². The normalized spacial score (nSPS) is 19.3. The average Bonchev–Trinajstić information content (AvgIpc) is 2.82. The van der Waals surface area contributed by atoms with Crippen LogP contribution in [0.15, 0.2) is 18.2 Å². The van der Waals surface area contributed by atoms with E-state index in [1.54, 1.807) is 0 Å². The van der Waals surface area contributed by atoms with Crippen LogP contribution >= 0.6 is 11.6 Å². The van der Waals surface area contributed by atoms with Gasteiger partial charge in [0, 0.05) is 24.8 Å². The molecule has 20 heavy (non-hydrogen) atoms. The summed E-state index contributed by atoms with van der Waals surface area (Å²) >= 11 is 6.19. The fourth-order valence-corrected chi connectivity index (χ4v) is 3.02. The molecule has 1 saturated heterocycles. The van der Waals surface area contributed by atoms with Gasteiger partial charge in [-0.1, -0.05) is 25.4 Å². The Balaban J connectivity index is 2.26. The summed E-state index contributed by atoms with van der Waals surface area (Å²) in [6.07, 6.45) is 1.18. The van der Waals surface area contributed by atoms with Crippen LogP contribution in [0.5, 0.6) is 0 Å². The van der Waals surface area contributed by atoms with Crippen molar-refractivity contribution < 1.29 is 0 Å². The van der Waals surface area contributed by atoms with E-state index in [9.17, 15) is 0 Å². The second-order valence-corrected chi connectivity index (χ2v) is 6.43. The first-order valence-electron chi connectivity index (χ1n) is 7.16. The zero-order chi connectivity index (χ0) is 14.7. The van der Waals surface area contributed by atoms with Gasteiger partial charge in [-0.25, -0.2) is 0 Å². The summed E-state index contributed by atoms with van der Waals surface area (Å²) in [6, 6.07) is 8.43. The molecule has 1 atom stereocenters. The predicted octanol–water partition coefficient (Wildman–Crippen LogP) is 3.38. The third-order valence-corrected chi connectivity index (χ3v) is 4.09. The van der Waals surface area contributed by atoms with Gasteiger partial charge in [-0.2, -0.15) is 5.26 Å². The molecule has 0 amide bonds. The van der Waals surface area contributed by atoms with Crippen LogP contribution in [0.3, 0.4) is 0 Å². The summed E-state index contributed by atoms with van der Waals surface area (Å²) in [5.74, 6) is 0.593. The number of benzene rings is 1. The molecule has 1 aromatic rings. The molecule has 0 bridgehead atoms. The molecule has 0 N–H and O–H groups in total. The van der Waals surface area contributed by atoms with Crippen molar-refractivity contribution in [2.24, 2.45) is 5.92 Å². The molecule has 1 aliphatic rings. The van der Waals surface area contributed by atoms with E-state index in [-0.39, 0.29) is 0 Å². The van der Waals surface area contributed by atoms with E-state index in [2.05, 4.69) is 36.8 Å². The van der Waals surface area contributed by atoms with Gasteiger partial charge in [0.05, 0.1) is 10.6 Å². The second kappa shape index (κ2) is 6.47. The minimum absolute atomic E-state index is 0.534. The van der Waals surface area contributed by atoms with E-state index in [1.165, 1.54) is 6.42 Å². The standard InChI is InChI=1S/C16H22ClN3/c1-12(2)10-20(15-6-7-19(3)11-15)14-5-4-13(9-18)16(17)8-14/h4-5,8,12,15H,6-7,10-11H2,1-3H3/t15-/m0/s1. The van der Waals surface area contributed by atoms with E-state index >= 15 is 0 Å². The van der Waals surface area contributed by atoms with Crippen molar-refractivity contribution in [1.82, 2.24) is 4.90 Å². The van der Waals surface area contributed by atoms with Crippen LogP contribution in [0.2, 0.25) is 5.02 Å². The Morgan fingerprint density at radius 3 is 2.75 bits per heavy atom. The van der Waals surface area contributed by atoms with Crippen LogP contribution in [0, 0.1) is 17.2 Å². The summed E-state index contributed by atoms with van der Waals surface area (Å²) in [7, 11) is 2.17. The lowest BCUT2D eigenvalue weighted by molar-refractivity contribution is 0.405. The van der Waals surface area contributed by atoms with Crippen molar-refractivity contribution >= 4 is 17.3 Å². The molecule has 2 rings (SSSR count). The number of anilines is 1. The van der Waals surface area contributed by atoms with E-state index in [1.807, 2.05) is 18.2 Å². The van der Waals surface area contributed by atoms with Crippen molar-refractivity contribution in [2.75, 3.05) is 31.6 Å². The van der Waals surface area contributed by atoms with E-state index < -0.39 is 0 Å². The number of nitrogens with zero attached hydrogens (tertiary/aromatic N) is 3. The maximum absolute atomic E-state index is 8.98. The Hall–Kier alpha value is -1.24. The lowest BCUT2D eigenvalue weighted by atomic mass is 10.1. The molecule has 1 aromatic carbocycles. The van der Waals surface area contributed by atoms with Crippen molar-refractivity contribution in [3.63, 3.8) is 0 Å². The van der Waals surface area contributed by atoms with Gasteiger partial charge in [0.15, 0.2) is 0 Å². The summed E-state index contributed by atoms with van der Waals surface area (Å²) in [5, 5.41) is 9.53. The van der Waals surface area contributed by atoms with E-state index in [0.717, 1.165) is 25.3 Å². The van der Waals surface area contributed by atoms with Gasteiger partial charge in [0.25, 0.3) is 0 Å². The van der Waals surface area contributed by atoms with E-state index in [0.29, 0.717) is 22.5 Å². The molecule has 0 aromatic heterocycles. The van der Waals surface area contributed by atoms with Crippen LogP contribution in [0.1, 0.15) is 25.8 Å². The van der Waals surface area contributed by atoms with Gasteiger partial charge in [0.2, 0.25) is 0 Å². The highest BCUT2D eigenvalue weighted by Gasteiger charge is 2.26. The summed E-state index contributed by atoms with van der Waals surface area (Å²) in [4.78, 5) is 4.81. The van der Waals surface area contributed by atoms with Crippen molar-refractivity contribution in [3.05, 3.63) is 28.8 Å². The van der Waals surface area contributed by atoms with Gasteiger partial charge in [-0.15, -0.1) is 0 Å². The molecule has 0 unspecified atom stereocenters. The first kappa shape index (κ1) is 15.2. The number of rotatable bonds is 4. The Labute approximate surface area is 126 Å². The molecule has 108 valence electrons. The van der Waals surface area contributed by atoms with Gasteiger partial charge < -0.3 is 9.80 Å². The minimum atomic E-state index is 0.534. The fraction of sp³-hybridized carbons (Fsp3) is 0.562.